The minimum absolute atomic E-state index is 0.228. The van der Waals surface area contributed by atoms with E-state index in [2.05, 4.69) is 36.2 Å². The van der Waals surface area contributed by atoms with E-state index in [-0.39, 0.29) is 17.5 Å². The van der Waals surface area contributed by atoms with E-state index in [1.54, 1.807) is 12.4 Å². The van der Waals surface area contributed by atoms with Crippen molar-refractivity contribution in [3.05, 3.63) is 36.4 Å². The number of aromatic amines is 1. The van der Waals surface area contributed by atoms with E-state index in [9.17, 15) is 0 Å². The normalized spacial score (nSPS) is 22.5. The molecule has 2 atom stereocenters. The molecule has 2 unspecified atom stereocenters. The molecule has 0 radical (unpaired) electrons. The fourth-order valence-corrected chi connectivity index (χ4v) is 4.73. The first-order valence-corrected chi connectivity index (χ1v) is 10.5. The molecule has 1 aromatic carbocycles. The van der Waals surface area contributed by atoms with E-state index in [0.717, 1.165) is 59.4 Å². The van der Waals surface area contributed by atoms with Crippen LogP contribution in [0.1, 0.15) is 18.7 Å². The number of rotatable bonds is 4. The van der Waals surface area contributed by atoms with E-state index in [4.69, 9.17) is 15.5 Å². The van der Waals surface area contributed by atoms with Crippen LogP contribution < -0.4 is 20.7 Å². The van der Waals surface area contributed by atoms with Crippen molar-refractivity contribution in [1.29, 1.82) is 0 Å². The van der Waals surface area contributed by atoms with Crippen molar-refractivity contribution < 1.29 is 4.74 Å². The van der Waals surface area contributed by atoms with Crippen molar-refractivity contribution in [1.82, 2.24) is 24.9 Å². The number of nitrogens with zero attached hydrogens (tertiary/aromatic N) is 5. The number of hydrogen-bond donors (Lipinski definition) is 3. The van der Waals surface area contributed by atoms with Crippen LogP contribution in [0.25, 0.3) is 21.9 Å². The molecule has 1 saturated heterocycles. The number of para-hydroxylation sites is 1. The van der Waals surface area contributed by atoms with Crippen LogP contribution in [-0.2, 0) is 0 Å². The van der Waals surface area contributed by atoms with Gasteiger partial charge in [0.05, 0.1) is 29.0 Å². The third-order valence-electron chi connectivity index (χ3n) is 6.62. The van der Waals surface area contributed by atoms with Crippen molar-refractivity contribution in [2.24, 2.45) is 11.1 Å². The Bertz CT molecular complexity index is 1300. The number of hydrogen-bond acceptors (Lipinski definition) is 8. The highest BCUT2D eigenvalue weighted by Gasteiger charge is 2.55. The van der Waals surface area contributed by atoms with Crippen molar-refractivity contribution in [2.75, 3.05) is 30.4 Å². The molecule has 6 rings (SSSR count). The summed E-state index contributed by atoms with van der Waals surface area (Å²) in [6.07, 6.45) is 5.44. The monoisotopic (exact) mass is 416 g/mol. The van der Waals surface area contributed by atoms with Gasteiger partial charge in [-0.15, -0.1) is 0 Å². The van der Waals surface area contributed by atoms with Gasteiger partial charge < -0.3 is 25.7 Å². The summed E-state index contributed by atoms with van der Waals surface area (Å²) in [7, 11) is 1.91. The smallest absolute Gasteiger partial charge is 0.326 e. The molecule has 0 bridgehead atoms. The van der Waals surface area contributed by atoms with Gasteiger partial charge >= 0.3 is 6.01 Å². The number of nitrogens with one attached hydrogen (secondary N) is 2. The molecular formula is C22H24N8O. The second kappa shape index (κ2) is 6.52. The Morgan fingerprint density at radius 2 is 2.06 bits per heavy atom. The van der Waals surface area contributed by atoms with Gasteiger partial charge in [0, 0.05) is 37.0 Å². The number of fused-ring (bicyclic) bond motifs is 3. The van der Waals surface area contributed by atoms with E-state index in [1.165, 1.54) is 0 Å². The minimum atomic E-state index is 0.228. The predicted octanol–water partition coefficient (Wildman–Crippen LogP) is 2.97. The molecule has 3 aromatic heterocycles. The van der Waals surface area contributed by atoms with Crippen LogP contribution in [0.15, 0.2) is 30.6 Å². The number of anilines is 2. The van der Waals surface area contributed by atoms with Gasteiger partial charge in [0.15, 0.2) is 5.75 Å². The first-order chi connectivity index (χ1) is 15.1. The molecule has 4 heterocycles. The number of ether oxygens (including phenoxy) is 1. The molecular weight excluding hydrogens is 392 g/mol. The third-order valence-corrected chi connectivity index (χ3v) is 6.62. The van der Waals surface area contributed by atoms with Gasteiger partial charge in [-0.2, -0.15) is 9.97 Å². The second-order valence-electron chi connectivity index (χ2n) is 8.57. The molecule has 1 aliphatic heterocycles. The second-order valence-corrected chi connectivity index (χ2v) is 8.57. The Morgan fingerprint density at radius 1 is 1.26 bits per heavy atom. The lowest BCUT2D eigenvalue weighted by Gasteiger charge is -2.19. The highest BCUT2D eigenvalue weighted by molar-refractivity contribution is 6.14. The van der Waals surface area contributed by atoms with Gasteiger partial charge in [-0.1, -0.05) is 12.1 Å². The van der Waals surface area contributed by atoms with Gasteiger partial charge in [0.2, 0.25) is 0 Å². The SMILES string of the molecule is CNc1cccc2c1[nH]c1nc(Oc3cnc(C)nc3)nc(N3CCC4(CC4N)C3)c12. The van der Waals surface area contributed by atoms with Gasteiger partial charge in [0.1, 0.15) is 17.3 Å². The lowest BCUT2D eigenvalue weighted by atomic mass is 10.1. The van der Waals surface area contributed by atoms with Gasteiger partial charge in [0.25, 0.3) is 0 Å². The Kier molecular flexibility index (Phi) is 3.85. The fraction of sp³-hybridized carbons (Fsp3) is 0.364. The first kappa shape index (κ1) is 18.3. The largest absolute Gasteiger partial charge is 0.421 e. The van der Waals surface area contributed by atoms with Crippen LogP contribution in [0.4, 0.5) is 11.5 Å². The summed E-state index contributed by atoms with van der Waals surface area (Å²) >= 11 is 0. The van der Waals surface area contributed by atoms with E-state index >= 15 is 0 Å². The molecule has 2 fully saturated rings. The Balaban J connectivity index is 1.51. The molecule has 9 heteroatoms. The lowest BCUT2D eigenvalue weighted by Crippen LogP contribution is -2.24. The summed E-state index contributed by atoms with van der Waals surface area (Å²) in [4.78, 5) is 23.7. The zero-order valence-corrected chi connectivity index (χ0v) is 17.5. The number of aromatic nitrogens is 5. The fourth-order valence-electron chi connectivity index (χ4n) is 4.73. The maximum absolute atomic E-state index is 6.26. The summed E-state index contributed by atoms with van der Waals surface area (Å²) < 4.78 is 5.95. The maximum Gasteiger partial charge on any atom is 0.326 e. The summed E-state index contributed by atoms with van der Waals surface area (Å²) in [5, 5.41) is 5.34. The van der Waals surface area contributed by atoms with E-state index in [0.29, 0.717) is 11.6 Å². The standard InChI is InChI=1S/C22H24N8O/c1-12-25-9-13(10-26-12)31-21-28-19-17(14-4-3-5-15(24-2)18(14)27-19)20(29-21)30-7-6-22(11-30)8-16(22)23/h3-5,9-10,16,24H,6-8,11,23H2,1-2H3,(H,27,28,29). The lowest BCUT2D eigenvalue weighted by molar-refractivity contribution is 0.439. The molecule has 4 N–H and O–H groups in total. The molecule has 158 valence electrons. The Hall–Kier alpha value is -3.46. The minimum Gasteiger partial charge on any atom is -0.421 e. The predicted molar refractivity (Wildman–Crippen MR) is 120 cm³/mol. The quantitative estimate of drug-likeness (QED) is 0.465. The van der Waals surface area contributed by atoms with Gasteiger partial charge in [-0.3, -0.25) is 0 Å². The molecule has 31 heavy (non-hydrogen) atoms. The highest BCUT2D eigenvalue weighted by atomic mass is 16.5. The molecule has 1 aliphatic carbocycles. The number of benzene rings is 1. The number of nitrogens with two attached hydrogens (primary N) is 1. The zero-order valence-electron chi connectivity index (χ0n) is 17.5. The molecule has 0 amide bonds. The first-order valence-electron chi connectivity index (χ1n) is 10.5. The van der Waals surface area contributed by atoms with E-state index in [1.807, 2.05) is 26.1 Å². The molecule has 1 saturated carbocycles. The van der Waals surface area contributed by atoms with Crippen molar-refractivity contribution in [3.63, 3.8) is 0 Å². The average molecular weight is 416 g/mol. The van der Waals surface area contributed by atoms with Crippen LogP contribution in [0.3, 0.4) is 0 Å². The van der Waals surface area contributed by atoms with Crippen LogP contribution in [-0.4, -0.2) is 51.1 Å². The summed E-state index contributed by atoms with van der Waals surface area (Å²) in [6.45, 7) is 3.66. The highest BCUT2D eigenvalue weighted by Crippen LogP contribution is 2.53. The molecule has 1 spiro atoms. The maximum atomic E-state index is 6.26. The summed E-state index contributed by atoms with van der Waals surface area (Å²) in [5.41, 5.74) is 9.24. The number of H-pyrrole nitrogens is 1. The van der Waals surface area contributed by atoms with Crippen LogP contribution in [0.2, 0.25) is 0 Å². The number of aryl methyl sites for hydroxylation is 1. The Labute approximate surface area is 179 Å². The van der Waals surface area contributed by atoms with Gasteiger partial charge in [-0.25, -0.2) is 9.97 Å². The van der Waals surface area contributed by atoms with E-state index < -0.39 is 0 Å². The average Bonchev–Trinajstić information content (AvgIpc) is 3.09. The Morgan fingerprint density at radius 3 is 2.77 bits per heavy atom. The van der Waals surface area contributed by atoms with Crippen LogP contribution in [0.5, 0.6) is 11.8 Å². The molecule has 4 aromatic rings. The molecule has 2 aliphatic rings. The van der Waals surface area contributed by atoms with Crippen molar-refractivity contribution >= 4 is 33.4 Å². The van der Waals surface area contributed by atoms with Crippen LogP contribution >= 0.6 is 0 Å². The summed E-state index contributed by atoms with van der Waals surface area (Å²) in [5.74, 6) is 2.07. The topological polar surface area (TPSA) is 118 Å². The van der Waals surface area contributed by atoms with Crippen molar-refractivity contribution in [3.8, 4) is 11.8 Å². The third kappa shape index (κ3) is 2.88. The zero-order chi connectivity index (χ0) is 21.2. The van der Waals surface area contributed by atoms with Gasteiger partial charge in [-0.05, 0) is 25.8 Å². The molecule has 9 nitrogen and oxygen atoms in total. The van der Waals surface area contributed by atoms with Crippen molar-refractivity contribution in [2.45, 2.75) is 25.8 Å². The summed E-state index contributed by atoms with van der Waals surface area (Å²) in [6, 6.07) is 6.74. The van der Waals surface area contributed by atoms with Crippen LogP contribution in [0, 0.1) is 12.3 Å².